The summed E-state index contributed by atoms with van der Waals surface area (Å²) in [5, 5.41) is 12.0. The lowest BCUT2D eigenvalue weighted by Crippen LogP contribution is -2.55. The minimum absolute atomic E-state index is 0.320. The summed E-state index contributed by atoms with van der Waals surface area (Å²) >= 11 is 3.83. The van der Waals surface area contributed by atoms with Gasteiger partial charge in [-0.15, -0.1) is 0 Å². The van der Waals surface area contributed by atoms with Crippen molar-refractivity contribution in [3.05, 3.63) is 0 Å². The van der Waals surface area contributed by atoms with E-state index in [1.165, 1.54) is 64.3 Å². The highest BCUT2D eigenvalue weighted by molar-refractivity contribution is 9.09. The second kappa shape index (κ2) is 6.88. The third-order valence-electron chi connectivity index (χ3n) is 6.52. The van der Waals surface area contributed by atoms with Crippen LogP contribution in [0.1, 0.15) is 70.6 Å². The maximum absolute atomic E-state index is 10.8. The Labute approximate surface area is 138 Å². The van der Waals surface area contributed by atoms with E-state index in [2.05, 4.69) is 20.8 Å². The SMILES string of the molecule is OC12CCCCC1CN(CC1(CBr)CCCCCC1)CC2. The fourth-order valence-electron chi connectivity index (χ4n) is 5.07. The summed E-state index contributed by atoms with van der Waals surface area (Å²) < 4.78 is 0. The molecule has 3 rings (SSSR count). The fraction of sp³-hybridized carbons (Fsp3) is 1.00. The number of hydrogen-bond donors (Lipinski definition) is 1. The molecule has 1 N–H and O–H groups in total. The Bertz CT molecular complexity index is 340. The van der Waals surface area contributed by atoms with Gasteiger partial charge >= 0.3 is 0 Å². The van der Waals surface area contributed by atoms with Gasteiger partial charge in [-0.25, -0.2) is 0 Å². The molecule has 2 saturated carbocycles. The first-order valence-corrected chi connectivity index (χ1v) is 10.3. The summed E-state index contributed by atoms with van der Waals surface area (Å²) in [6.45, 7) is 3.51. The fourth-order valence-corrected chi connectivity index (χ4v) is 5.81. The van der Waals surface area contributed by atoms with Crippen molar-refractivity contribution in [2.45, 2.75) is 76.2 Å². The first-order chi connectivity index (χ1) is 10.2. The third kappa shape index (κ3) is 3.67. The summed E-state index contributed by atoms with van der Waals surface area (Å²) in [6, 6.07) is 0. The zero-order valence-corrected chi connectivity index (χ0v) is 15.0. The van der Waals surface area contributed by atoms with Gasteiger partial charge in [0, 0.05) is 30.9 Å². The monoisotopic (exact) mass is 357 g/mol. The van der Waals surface area contributed by atoms with E-state index < -0.39 is 0 Å². The standard InChI is InChI=1S/C18H32BrNO/c19-14-17(8-4-1-2-5-9-17)15-20-12-11-18(21)10-6-3-7-16(18)13-20/h16,21H,1-15H2. The molecule has 21 heavy (non-hydrogen) atoms. The van der Waals surface area contributed by atoms with E-state index in [9.17, 15) is 5.11 Å². The second-order valence-electron chi connectivity index (χ2n) is 8.08. The molecule has 0 aromatic carbocycles. The van der Waals surface area contributed by atoms with Crippen molar-refractivity contribution >= 4 is 15.9 Å². The van der Waals surface area contributed by atoms with Crippen molar-refractivity contribution in [2.75, 3.05) is 25.0 Å². The Morgan fingerprint density at radius 2 is 1.67 bits per heavy atom. The molecule has 3 heteroatoms. The first kappa shape index (κ1) is 16.3. The minimum atomic E-state index is -0.320. The maximum atomic E-state index is 10.8. The van der Waals surface area contributed by atoms with Crippen molar-refractivity contribution < 1.29 is 5.11 Å². The number of rotatable bonds is 3. The van der Waals surface area contributed by atoms with E-state index in [1.54, 1.807) is 0 Å². The molecule has 0 radical (unpaired) electrons. The zero-order chi connectivity index (χ0) is 14.8. The van der Waals surface area contributed by atoms with Crippen LogP contribution >= 0.6 is 15.9 Å². The predicted molar refractivity (Wildman–Crippen MR) is 91.9 cm³/mol. The average molecular weight is 358 g/mol. The van der Waals surface area contributed by atoms with Gasteiger partial charge in [-0.3, -0.25) is 0 Å². The number of fused-ring (bicyclic) bond motifs is 1. The van der Waals surface area contributed by atoms with Gasteiger partial charge in [0.05, 0.1) is 5.60 Å². The van der Waals surface area contributed by atoms with E-state index in [4.69, 9.17) is 0 Å². The Hall–Kier alpha value is 0.400. The Kier molecular flexibility index (Phi) is 5.33. The predicted octanol–water partition coefficient (Wildman–Crippen LogP) is 4.35. The van der Waals surface area contributed by atoms with Gasteiger partial charge in [0.2, 0.25) is 0 Å². The molecule has 2 nitrogen and oxygen atoms in total. The van der Waals surface area contributed by atoms with Crippen molar-refractivity contribution in [1.29, 1.82) is 0 Å². The van der Waals surface area contributed by atoms with Crippen LogP contribution in [-0.2, 0) is 0 Å². The summed E-state index contributed by atoms with van der Waals surface area (Å²) in [6.07, 6.45) is 14.3. The Balaban J connectivity index is 1.62. The normalized spacial score (nSPS) is 37.7. The molecule has 0 spiro atoms. The van der Waals surface area contributed by atoms with E-state index >= 15 is 0 Å². The molecule has 0 bridgehead atoms. The molecule has 0 aromatic heterocycles. The minimum Gasteiger partial charge on any atom is -0.390 e. The molecule has 1 saturated heterocycles. The van der Waals surface area contributed by atoms with Crippen molar-refractivity contribution in [2.24, 2.45) is 11.3 Å². The topological polar surface area (TPSA) is 23.5 Å². The van der Waals surface area contributed by atoms with Gasteiger partial charge in [-0.05, 0) is 37.5 Å². The number of hydrogen-bond acceptors (Lipinski definition) is 2. The molecule has 3 aliphatic rings. The van der Waals surface area contributed by atoms with Crippen LogP contribution in [0.2, 0.25) is 0 Å². The average Bonchev–Trinajstić information content (AvgIpc) is 2.74. The number of alkyl halides is 1. The van der Waals surface area contributed by atoms with Crippen LogP contribution in [0.4, 0.5) is 0 Å². The van der Waals surface area contributed by atoms with Crippen LogP contribution in [0, 0.1) is 11.3 Å². The highest BCUT2D eigenvalue weighted by Crippen LogP contribution is 2.42. The van der Waals surface area contributed by atoms with Crippen molar-refractivity contribution in [3.63, 3.8) is 0 Å². The van der Waals surface area contributed by atoms with E-state index in [0.717, 1.165) is 31.3 Å². The number of likely N-dealkylation sites (tertiary alicyclic amines) is 1. The Morgan fingerprint density at radius 3 is 2.38 bits per heavy atom. The largest absolute Gasteiger partial charge is 0.390 e. The molecule has 0 aromatic rings. The van der Waals surface area contributed by atoms with Crippen LogP contribution in [0.5, 0.6) is 0 Å². The molecule has 1 heterocycles. The summed E-state index contributed by atoms with van der Waals surface area (Å²) in [7, 11) is 0. The third-order valence-corrected chi connectivity index (χ3v) is 7.71. The van der Waals surface area contributed by atoms with Crippen LogP contribution < -0.4 is 0 Å². The molecule has 2 aliphatic carbocycles. The summed E-state index contributed by atoms with van der Waals surface area (Å²) in [5.74, 6) is 0.540. The molecule has 122 valence electrons. The summed E-state index contributed by atoms with van der Waals surface area (Å²) in [5.41, 5.74) is 0.181. The van der Waals surface area contributed by atoms with Crippen LogP contribution in [0.3, 0.4) is 0 Å². The lowest BCUT2D eigenvalue weighted by atomic mass is 9.70. The van der Waals surface area contributed by atoms with Crippen molar-refractivity contribution in [3.8, 4) is 0 Å². The molecule has 2 atom stereocenters. The molecule has 1 aliphatic heterocycles. The van der Waals surface area contributed by atoms with E-state index in [1.807, 2.05) is 0 Å². The maximum Gasteiger partial charge on any atom is 0.0700 e. The van der Waals surface area contributed by atoms with Crippen LogP contribution in [-0.4, -0.2) is 40.6 Å². The number of aliphatic hydroxyl groups is 1. The molecule has 3 fully saturated rings. The van der Waals surface area contributed by atoms with Crippen LogP contribution in [0.15, 0.2) is 0 Å². The van der Waals surface area contributed by atoms with Gasteiger partial charge in [-0.2, -0.15) is 0 Å². The van der Waals surface area contributed by atoms with Gasteiger partial charge in [-0.1, -0.05) is 54.5 Å². The van der Waals surface area contributed by atoms with E-state index in [0.29, 0.717) is 11.3 Å². The van der Waals surface area contributed by atoms with Gasteiger partial charge in [0.1, 0.15) is 0 Å². The Morgan fingerprint density at radius 1 is 0.952 bits per heavy atom. The quantitative estimate of drug-likeness (QED) is 0.599. The highest BCUT2D eigenvalue weighted by atomic mass is 79.9. The number of halogens is 1. The van der Waals surface area contributed by atoms with Gasteiger partial charge < -0.3 is 10.0 Å². The van der Waals surface area contributed by atoms with Gasteiger partial charge in [0.15, 0.2) is 0 Å². The molecule has 0 amide bonds. The first-order valence-electron chi connectivity index (χ1n) is 9.17. The van der Waals surface area contributed by atoms with Crippen molar-refractivity contribution in [1.82, 2.24) is 4.90 Å². The van der Waals surface area contributed by atoms with Crippen LogP contribution in [0.25, 0.3) is 0 Å². The smallest absolute Gasteiger partial charge is 0.0700 e. The van der Waals surface area contributed by atoms with Gasteiger partial charge in [0.25, 0.3) is 0 Å². The molecular weight excluding hydrogens is 326 g/mol. The number of piperidine rings is 1. The molecular formula is C18H32BrNO. The number of nitrogens with zero attached hydrogens (tertiary/aromatic N) is 1. The summed E-state index contributed by atoms with van der Waals surface area (Å²) in [4.78, 5) is 2.69. The highest BCUT2D eigenvalue weighted by Gasteiger charge is 2.44. The zero-order valence-electron chi connectivity index (χ0n) is 13.5. The lowest BCUT2D eigenvalue weighted by molar-refractivity contribution is -0.100. The van der Waals surface area contributed by atoms with E-state index in [-0.39, 0.29) is 5.60 Å². The second-order valence-corrected chi connectivity index (χ2v) is 8.64. The lowest BCUT2D eigenvalue weighted by Gasteiger charge is -2.49. The molecule has 2 unspecified atom stereocenters.